The number of pyridine rings is 1. The van der Waals surface area contributed by atoms with Gasteiger partial charge in [-0.15, -0.1) is 0 Å². The van der Waals surface area contributed by atoms with Crippen LogP contribution < -0.4 is 0 Å². The third-order valence-electron chi connectivity index (χ3n) is 2.92. The fraction of sp³-hybridized carbons (Fsp3) is 0.0714. The molecule has 2 heterocycles. The fourth-order valence-corrected chi connectivity index (χ4v) is 2.25. The van der Waals surface area contributed by atoms with Gasteiger partial charge in [0.2, 0.25) is 0 Å². The second kappa shape index (κ2) is 5.13. The van der Waals surface area contributed by atoms with Crippen molar-refractivity contribution in [1.82, 2.24) is 14.5 Å². The Morgan fingerprint density at radius 3 is 2.85 bits per heavy atom. The summed E-state index contributed by atoms with van der Waals surface area (Å²) in [5, 5.41) is 0.211. The van der Waals surface area contributed by atoms with Gasteiger partial charge in [-0.2, -0.15) is 0 Å². The van der Waals surface area contributed by atoms with Crippen LogP contribution >= 0.6 is 15.9 Å². The topological polar surface area (TPSA) is 47.8 Å². The SMILES string of the molecule is O=C(CBr)c1cccc(-n2cnc3c(F)cccc32)n1. The van der Waals surface area contributed by atoms with Crippen LogP contribution in [0.3, 0.4) is 0 Å². The van der Waals surface area contributed by atoms with E-state index in [1.54, 1.807) is 34.9 Å². The van der Waals surface area contributed by atoms with Gasteiger partial charge in [-0.3, -0.25) is 9.36 Å². The monoisotopic (exact) mass is 333 g/mol. The third-order valence-corrected chi connectivity index (χ3v) is 3.42. The van der Waals surface area contributed by atoms with Gasteiger partial charge in [-0.05, 0) is 24.3 Å². The molecule has 0 aliphatic carbocycles. The maximum absolute atomic E-state index is 13.6. The van der Waals surface area contributed by atoms with Crippen LogP contribution in [0.4, 0.5) is 4.39 Å². The molecule has 100 valence electrons. The number of carbonyl (C=O) groups is 1. The van der Waals surface area contributed by atoms with E-state index < -0.39 is 0 Å². The van der Waals surface area contributed by atoms with Crippen molar-refractivity contribution in [2.75, 3.05) is 5.33 Å². The summed E-state index contributed by atoms with van der Waals surface area (Å²) in [6.45, 7) is 0. The van der Waals surface area contributed by atoms with Crippen LogP contribution in [0, 0.1) is 5.82 Å². The van der Waals surface area contributed by atoms with E-state index in [1.807, 2.05) is 0 Å². The molecule has 3 rings (SSSR count). The zero-order chi connectivity index (χ0) is 14.1. The van der Waals surface area contributed by atoms with Gasteiger partial charge < -0.3 is 0 Å². The summed E-state index contributed by atoms with van der Waals surface area (Å²) < 4.78 is 15.3. The number of fused-ring (bicyclic) bond motifs is 1. The van der Waals surface area contributed by atoms with Crippen molar-refractivity contribution in [2.24, 2.45) is 0 Å². The molecule has 0 aliphatic rings. The molecule has 6 heteroatoms. The van der Waals surface area contributed by atoms with Crippen LogP contribution in [0.5, 0.6) is 0 Å². The van der Waals surface area contributed by atoms with E-state index in [-0.39, 0.29) is 22.4 Å². The molecule has 0 atom stereocenters. The standard InChI is InChI=1S/C14H9BrFN3O/c15-7-12(20)10-4-2-6-13(18-10)19-8-17-14-9(16)3-1-5-11(14)19/h1-6,8H,7H2. The van der Waals surface area contributed by atoms with E-state index in [0.717, 1.165) is 0 Å². The third kappa shape index (κ3) is 2.12. The van der Waals surface area contributed by atoms with Crippen LogP contribution in [0.15, 0.2) is 42.7 Å². The Balaban J connectivity index is 2.16. The van der Waals surface area contributed by atoms with Gasteiger partial charge in [-0.25, -0.2) is 14.4 Å². The van der Waals surface area contributed by atoms with Crippen LogP contribution in [-0.4, -0.2) is 25.6 Å². The first-order valence-electron chi connectivity index (χ1n) is 5.89. The van der Waals surface area contributed by atoms with Gasteiger partial charge in [0, 0.05) is 0 Å². The van der Waals surface area contributed by atoms with Gasteiger partial charge in [0.25, 0.3) is 0 Å². The minimum absolute atomic E-state index is 0.109. The van der Waals surface area contributed by atoms with E-state index >= 15 is 0 Å². The lowest BCUT2D eigenvalue weighted by molar-refractivity contribution is 0.101. The van der Waals surface area contributed by atoms with E-state index in [9.17, 15) is 9.18 Å². The molecule has 20 heavy (non-hydrogen) atoms. The highest BCUT2D eigenvalue weighted by Crippen LogP contribution is 2.19. The number of aromatic nitrogens is 3. The molecular formula is C14H9BrFN3O. The van der Waals surface area contributed by atoms with E-state index in [4.69, 9.17) is 0 Å². The number of rotatable bonds is 3. The molecule has 3 aromatic rings. The summed E-state index contributed by atoms with van der Waals surface area (Å²) in [7, 11) is 0. The number of alkyl halides is 1. The molecule has 0 saturated carbocycles. The Bertz CT molecular complexity index is 800. The molecule has 0 saturated heterocycles. The number of ketones is 1. The smallest absolute Gasteiger partial charge is 0.191 e. The lowest BCUT2D eigenvalue weighted by Gasteiger charge is -2.05. The lowest BCUT2D eigenvalue weighted by atomic mass is 10.2. The summed E-state index contributed by atoms with van der Waals surface area (Å²) >= 11 is 3.12. The van der Waals surface area contributed by atoms with Crippen molar-refractivity contribution in [2.45, 2.75) is 0 Å². The molecule has 0 N–H and O–H groups in total. The Morgan fingerprint density at radius 1 is 1.25 bits per heavy atom. The van der Waals surface area contributed by atoms with Crippen molar-refractivity contribution in [3.05, 3.63) is 54.2 Å². The zero-order valence-corrected chi connectivity index (χ0v) is 11.8. The Hall–Kier alpha value is -2.08. The van der Waals surface area contributed by atoms with Gasteiger partial charge in [-0.1, -0.05) is 28.1 Å². The maximum atomic E-state index is 13.6. The Labute approximate surface area is 122 Å². The normalized spacial score (nSPS) is 10.9. The first-order valence-corrected chi connectivity index (χ1v) is 7.01. The first-order chi connectivity index (χ1) is 9.70. The second-order valence-corrected chi connectivity index (χ2v) is 4.72. The molecule has 0 spiro atoms. The predicted molar refractivity (Wildman–Crippen MR) is 76.9 cm³/mol. The molecule has 2 aromatic heterocycles. The van der Waals surface area contributed by atoms with Gasteiger partial charge in [0.1, 0.15) is 23.4 Å². The van der Waals surface area contributed by atoms with Crippen molar-refractivity contribution >= 4 is 32.7 Å². The van der Waals surface area contributed by atoms with E-state index in [1.165, 1.54) is 12.4 Å². The first kappa shape index (κ1) is 12.9. The molecule has 4 nitrogen and oxygen atoms in total. The quantitative estimate of drug-likeness (QED) is 0.546. The van der Waals surface area contributed by atoms with Gasteiger partial charge in [0.15, 0.2) is 11.6 Å². The summed E-state index contributed by atoms with van der Waals surface area (Å²) in [4.78, 5) is 20.0. The zero-order valence-electron chi connectivity index (χ0n) is 10.3. The molecule has 0 radical (unpaired) electrons. The van der Waals surface area contributed by atoms with Crippen LogP contribution in [-0.2, 0) is 0 Å². The number of carbonyl (C=O) groups excluding carboxylic acids is 1. The Kier molecular flexibility index (Phi) is 3.31. The predicted octanol–water partition coefficient (Wildman–Crippen LogP) is 3.14. The number of para-hydroxylation sites is 1. The van der Waals surface area contributed by atoms with Crippen LogP contribution in [0.25, 0.3) is 16.9 Å². The molecule has 1 aromatic carbocycles. The second-order valence-electron chi connectivity index (χ2n) is 4.16. The average molecular weight is 334 g/mol. The van der Waals surface area contributed by atoms with E-state index in [0.29, 0.717) is 17.0 Å². The number of halogens is 2. The summed E-state index contributed by atoms with van der Waals surface area (Å²) in [6, 6.07) is 9.86. The number of hydrogen-bond donors (Lipinski definition) is 0. The molecule has 0 unspecified atom stereocenters. The lowest BCUT2D eigenvalue weighted by Crippen LogP contribution is -2.06. The van der Waals surface area contributed by atoms with Crippen molar-refractivity contribution < 1.29 is 9.18 Å². The Morgan fingerprint density at radius 2 is 2.05 bits per heavy atom. The maximum Gasteiger partial charge on any atom is 0.191 e. The summed E-state index contributed by atoms with van der Waals surface area (Å²) in [6.07, 6.45) is 1.50. The molecule has 0 bridgehead atoms. The molecule has 0 amide bonds. The van der Waals surface area contributed by atoms with Crippen molar-refractivity contribution in [1.29, 1.82) is 0 Å². The van der Waals surface area contributed by atoms with E-state index in [2.05, 4.69) is 25.9 Å². The number of Topliss-reactive ketones (excluding diaryl/α,β-unsaturated/α-hetero) is 1. The number of imidazole rings is 1. The molecular weight excluding hydrogens is 325 g/mol. The fourth-order valence-electron chi connectivity index (χ4n) is 1.97. The van der Waals surface area contributed by atoms with Crippen molar-refractivity contribution in [3.8, 4) is 5.82 Å². The largest absolute Gasteiger partial charge is 0.291 e. The number of benzene rings is 1. The van der Waals surface area contributed by atoms with Gasteiger partial charge in [0.05, 0.1) is 10.8 Å². The highest BCUT2D eigenvalue weighted by molar-refractivity contribution is 9.09. The number of hydrogen-bond acceptors (Lipinski definition) is 3. The molecule has 0 aliphatic heterocycles. The summed E-state index contributed by atoms with van der Waals surface area (Å²) in [5.41, 5.74) is 1.25. The van der Waals surface area contributed by atoms with Crippen LogP contribution in [0.1, 0.15) is 10.5 Å². The van der Waals surface area contributed by atoms with Gasteiger partial charge >= 0.3 is 0 Å². The van der Waals surface area contributed by atoms with Crippen LogP contribution in [0.2, 0.25) is 0 Å². The minimum atomic E-state index is -0.381. The molecule has 0 fully saturated rings. The highest BCUT2D eigenvalue weighted by atomic mass is 79.9. The summed E-state index contributed by atoms with van der Waals surface area (Å²) in [5.74, 6) is 0.0429. The minimum Gasteiger partial charge on any atom is -0.291 e. The number of nitrogens with zero attached hydrogens (tertiary/aromatic N) is 3. The average Bonchev–Trinajstić information content (AvgIpc) is 2.92. The van der Waals surface area contributed by atoms with Crippen molar-refractivity contribution in [3.63, 3.8) is 0 Å². The highest BCUT2D eigenvalue weighted by Gasteiger charge is 2.11.